The van der Waals surface area contributed by atoms with Gasteiger partial charge >= 0.3 is 12.1 Å². The second kappa shape index (κ2) is 4.99. The van der Waals surface area contributed by atoms with Crippen LogP contribution in [0.4, 0.5) is 19.0 Å². The maximum absolute atomic E-state index is 12.8. The molecule has 1 saturated heterocycles. The number of rotatable bonds is 2. The van der Waals surface area contributed by atoms with E-state index in [0.717, 1.165) is 0 Å². The van der Waals surface area contributed by atoms with E-state index in [-0.39, 0.29) is 13.1 Å². The fourth-order valence-corrected chi connectivity index (χ4v) is 2.36. The van der Waals surface area contributed by atoms with Crippen LogP contribution in [0, 0.1) is 11.8 Å². The molecule has 4 nitrogen and oxygen atoms in total. The van der Waals surface area contributed by atoms with Gasteiger partial charge in [0.25, 0.3) is 0 Å². The summed E-state index contributed by atoms with van der Waals surface area (Å²) in [6.07, 6.45) is -3.06. The van der Waals surface area contributed by atoms with E-state index in [4.69, 9.17) is 5.11 Å². The molecule has 8 heteroatoms. The summed E-state index contributed by atoms with van der Waals surface area (Å²) in [5, 5.41) is 8.90. The van der Waals surface area contributed by atoms with Crippen LogP contribution in [0.25, 0.3) is 0 Å². The molecule has 0 bridgehead atoms. The van der Waals surface area contributed by atoms with E-state index in [9.17, 15) is 18.0 Å². The zero-order valence-corrected chi connectivity index (χ0v) is 11.1. The third kappa shape index (κ3) is 2.99. The molecule has 0 amide bonds. The molecule has 2 atom stereocenters. The highest BCUT2D eigenvalue weighted by Crippen LogP contribution is 2.39. The van der Waals surface area contributed by atoms with E-state index in [1.54, 1.807) is 12.1 Å². The van der Waals surface area contributed by atoms with Crippen molar-refractivity contribution in [2.24, 2.45) is 11.8 Å². The van der Waals surface area contributed by atoms with Crippen LogP contribution in [-0.2, 0) is 4.79 Å². The molecule has 2 rings (SSSR count). The lowest BCUT2D eigenvalue weighted by atomic mass is 9.96. The molecule has 0 unspecified atom stereocenters. The van der Waals surface area contributed by atoms with Gasteiger partial charge in [-0.2, -0.15) is 13.2 Å². The monoisotopic (exact) mass is 338 g/mol. The minimum Gasteiger partial charge on any atom is -0.481 e. The molecule has 1 aliphatic rings. The zero-order valence-electron chi connectivity index (χ0n) is 9.56. The molecule has 1 fully saturated rings. The average Bonchev–Trinajstić information content (AvgIpc) is 2.74. The third-order valence-corrected chi connectivity index (χ3v) is 3.56. The Morgan fingerprint density at radius 3 is 2.53 bits per heavy atom. The molecule has 1 aliphatic heterocycles. The Balaban J connectivity index is 2.23. The first kappa shape index (κ1) is 14.1. The number of halogens is 4. The Labute approximate surface area is 115 Å². The number of carboxylic acids is 1. The minimum atomic E-state index is -4.52. The summed E-state index contributed by atoms with van der Waals surface area (Å²) < 4.78 is 39.1. The molecule has 1 aromatic rings. The summed E-state index contributed by atoms with van der Waals surface area (Å²) in [4.78, 5) is 16.3. The van der Waals surface area contributed by atoms with Gasteiger partial charge in [-0.1, -0.05) is 0 Å². The molecule has 104 valence electrons. The van der Waals surface area contributed by atoms with E-state index in [1.807, 2.05) is 0 Å². The fraction of sp³-hybridized carbons (Fsp3) is 0.455. The number of anilines is 1. The van der Waals surface area contributed by atoms with Crippen LogP contribution in [-0.4, -0.2) is 35.3 Å². The molecule has 0 radical (unpaired) electrons. The quantitative estimate of drug-likeness (QED) is 0.900. The molecule has 2 heterocycles. The van der Waals surface area contributed by atoms with Crippen LogP contribution in [0.1, 0.15) is 0 Å². The fourth-order valence-electron chi connectivity index (χ4n) is 2.13. The largest absolute Gasteiger partial charge is 0.481 e. The molecule has 19 heavy (non-hydrogen) atoms. The minimum absolute atomic E-state index is 0.186. The number of carboxylic acid groups (broad SMARTS) is 1. The van der Waals surface area contributed by atoms with Crippen molar-refractivity contribution in [3.05, 3.63) is 22.8 Å². The van der Waals surface area contributed by atoms with Crippen LogP contribution in [0.15, 0.2) is 22.8 Å². The average molecular weight is 339 g/mol. The standard InChI is InChI=1S/C11H10BrF3N2O2/c12-6-1-2-9(16-3-6)17-4-7(10(18)19)8(5-17)11(13,14)15/h1-3,7-8H,4-5H2,(H,18,19)/t7-,8-/m1/s1. The molecular weight excluding hydrogens is 329 g/mol. The van der Waals surface area contributed by atoms with Crippen molar-refractivity contribution < 1.29 is 23.1 Å². The number of hydrogen-bond acceptors (Lipinski definition) is 3. The van der Waals surface area contributed by atoms with Gasteiger partial charge in [0.15, 0.2) is 0 Å². The predicted octanol–water partition coefficient (Wildman–Crippen LogP) is 2.54. The van der Waals surface area contributed by atoms with Gasteiger partial charge in [-0.3, -0.25) is 4.79 Å². The van der Waals surface area contributed by atoms with Crippen molar-refractivity contribution in [2.75, 3.05) is 18.0 Å². The SMILES string of the molecule is O=C(O)[C@@H]1CN(c2ccc(Br)cn2)C[C@H]1C(F)(F)F. The first-order valence-electron chi connectivity index (χ1n) is 5.45. The Morgan fingerprint density at radius 2 is 2.11 bits per heavy atom. The Bertz CT molecular complexity index is 478. The number of aliphatic carboxylic acids is 1. The Morgan fingerprint density at radius 1 is 1.42 bits per heavy atom. The molecule has 0 saturated carbocycles. The van der Waals surface area contributed by atoms with Crippen LogP contribution in [0.2, 0.25) is 0 Å². The van der Waals surface area contributed by atoms with Crippen molar-refractivity contribution in [1.29, 1.82) is 0 Å². The van der Waals surface area contributed by atoms with E-state index < -0.39 is 24.0 Å². The number of hydrogen-bond donors (Lipinski definition) is 1. The third-order valence-electron chi connectivity index (χ3n) is 3.09. The van der Waals surface area contributed by atoms with E-state index >= 15 is 0 Å². The smallest absolute Gasteiger partial charge is 0.394 e. The highest BCUT2D eigenvalue weighted by atomic mass is 79.9. The maximum Gasteiger partial charge on any atom is 0.394 e. The van der Waals surface area contributed by atoms with Gasteiger partial charge in [-0.25, -0.2) is 4.98 Å². The number of nitrogens with zero attached hydrogens (tertiary/aromatic N) is 2. The zero-order chi connectivity index (χ0) is 14.2. The summed E-state index contributed by atoms with van der Waals surface area (Å²) in [6.45, 7) is -0.566. The summed E-state index contributed by atoms with van der Waals surface area (Å²) >= 11 is 3.18. The van der Waals surface area contributed by atoms with Crippen LogP contribution >= 0.6 is 15.9 Å². The second-order valence-corrected chi connectivity index (χ2v) is 5.25. The van der Waals surface area contributed by atoms with E-state index in [1.165, 1.54) is 11.1 Å². The van der Waals surface area contributed by atoms with Gasteiger partial charge in [0.1, 0.15) is 5.82 Å². The van der Waals surface area contributed by atoms with Crippen LogP contribution in [0.3, 0.4) is 0 Å². The van der Waals surface area contributed by atoms with Gasteiger partial charge in [-0.15, -0.1) is 0 Å². The summed E-state index contributed by atoms with van der Waals surface area (Å²) in [6, 6.07) is 3.21. The first-order chi connectivity index (χ1) is 8.79. The highest BCUT2D eigenvalue weighted by Gasteiger charge is 2.52. The van der Waals surface area contributed by atoms with Crippen LogP contribution in [0.5, 0.6) is 0 Å². The van der Waals surface area contributed by atoms with Gasteiger partial charge in [-0.05, 0) is 28.1 Å². The topological polar surface area (TPSA) is 53.4 Å². The summed E-state index contributed by atoms with van der Waals surface area (Å²) in [5.41, 5.74) is 0. The summed E-state index contributed by atoms with van der Waals surface area (Å²) in [5.74, 6) is -4.40. The van der Waals surface area contributed by atoms with E-state index in [2.05, 4.69) is 20.9 Å². The van der Waals surface area contributed by atoms with E-state index in [0.29, 0.717) is 10.3 Å². The van der Waals surface area contributed by atoms with Crippen molar-refractivity contribution in [2.45, 2.75) is 6.18 Å². The molecule has 0 aliphatic carbocycles. The number of pyridine rings is 1. The van der Waals surface area contributed by atoms with Crippen molar-refractivity contribution in [3.63, 3.8) is 0 Å². The number of carbonyl (C=O) groups is 1. The van der Waals surface area contributed by atoms with Gasteiger partial charge < -0.3 is 10.0 Å². The normalized spacial score (nSPS) is 23.7. The predicted molar refractivity (Wildman–Crippen MR) is 64.8 cm³/mol. The van der Waals surface area contributed by atoms with Crippen molar-refractivity contribution in [1.82, 2.24) is 4.98 Å². The molecule has 1 aromatic heterocycles. The molecule has 0 aromatic carbocycles. The maximum atomic E-state index is 12.8. The van der Waals surface area contributed by atoms with Gasteiger partial charge in [0.2, 0.25) is 0 Å². The molecule has 1 N–H and O–H groups in total. The second-order valence-electron chi connectivity index (χ2n) is 4.33. The summed E-state index contributed by atoms with van der Waals surface area (Å²) in [7, 11) is 0. The van der Waals surface area contributed by atoms with Crippen molar-refractivity contribution >= 4 is 27.7 Å². The molecule has 0 spiro atoms. The lowest BCUT2D eigenvalue weighted by Crippen LogP contribution is -2.33. The van der Waals surface area contributed by atoms with Crippen molar-refractivity contribution in [3.8, 4) is 0 Å². The number of alkyl halides is 3. The highest BCUT2D eigenvalue weighted by molar-refractivity contribution is 9.10. The first-order valence-corrected chi connectivity index (χ1v) is 6.24. The van der Waals surface area contributed by atoms with Gasteiger partial charge in [0.05, 0.1) is 11.8 Å². The van der Waals surface area contributed by atoms with Gasteiger partial charge in [0, 0.05) is 23.8 Å². The Hall–Kier alpha value is -1.31. The van der Waals surface area contributed by atoms with Crippen LogP contribution < -0.4 is 4.90 Å². The Kier molecular flexibility index (Phi) is 3.71. The number of aromatic nitrogens is 1. The lowest BCUT2D eigenvalue weighted by molar-refractivity contribution is -0.187. The molecular formula is C11H10BrF3N2O2. The lowest BCUT2D eigenvalue weighted by Gasteiger charge is -2.18.